The average Bonchev–Trinajstić information content (AvgIpc) is 2.63. The van der Waals surface area contributed by atoms with Gasteiger partial charge in [-0.05, 0) is 12.5 Å². The molecule has 0 unspecified atom stereocenters. The van der Waals surface area contributed by atoms with Gasteiger partial charge in [-0.15, -0.1) is 5.10 Å². The summed E-state index contributed by atoms with van der Waals surface area (Å²) in [5, 5.41) is 18.2. The molecule has 1 aromatic rings. The number of aromatic nitrogens is 2. The van der Waals surface area contributed by atoms with Gasteiger partial charge < -0.3 is 15.1 Å². The van der Waals surface area contributed by atoms with E-state index in [2.05, 4.69) is 34.7 Å². The summed E-state index contributed by atoms with van der Waals surface area (Å²) >= 11 is 0. The molecule has 0 aliphatic carbocycles. The van der Waals surface area contributed by atoms with Crippen molar-refractivity contribution < 1.29 is 12.8 Å². The van der Waals surface area contributed by atoms with Crippen LogP contribution < -0.4 is 15.8 Å². The minimum atomic E-state index is -3.48. The van der Waals surface area contributed by atoms with Crippen LogP contribution in [0.4, 0.5) is 6.01 Å². The first kappa shape index (κ1) is 14.9. The van der Waals surface area contributed by atoms with E-state index in [-0.39, 0.29) is 18.3 Å². The fourth-order valence-corrected chi connectivity index (χ4v) is 1.55. The highest BCUT2D eigenvalue weighted by Gasteiger charge is 2.07. The number of hydrogen-bond acceptors (Lipinski definition) is 7. The summed E-state index contributed by atoms with van der Waals surface area (Å²) in [6.45, 7) is 5.68. The molecule has 1 heterocycles. The molecule has 9 heteroatoms. The molecule has 0 bridgehead atoms. The third-order valence-corrected chi connectivity index (χ3v) is 2.73. The predicted octanol–water partition coefficient (Wildman–Crippen LogP) is -0.484. The number of rotatable bonds is 8. The molecule has 0 radical (unpaired) electrons. The number of nitrogens with one attached hydrogen (secondary N) is 2. The van der Waals surface area contributed by atoms with E-state index in [0.717, 1.165) is 6.54 Å². The molecular formula is C9H19N5O3S. The Morgan fingerprint density at radius 3 is 2.72 bits per heavy atom. The highest BCUT2D eigenvalue weighted by Crippen LogP contribution is 2.04. The first-order valence-electron chi connectivity index (χ1n) is 5.64. The summed E-state index contributed by atoms with van der Waals surface area (Å²) in [7, 11) is -3.48. The van der Waals surface area contributed by atoms with Crippen molar-refractivity contribution in [1.82, 2.24) is 15.5 Å². The summed E-state index contributed by atoms with van der Waals surface area (Å²) < 4.78 is 26.6. The van der Waals surface area contributed by atoms with Gasteiger partial charge in [-0.2, -0.15) is 0 Å². The van der Waals surface area contributed by atoms with Gasteiger partial charge in [0.05, 0.1) is 12.3 Å². The molecule has 104 valence electrons. The molecule has 0 amide bonds. The number of anilines is 1. The fraction of sp³-hybridized carbons (Fsp3) is 0.778. The van der Waals surface area contributed by atoms with Gasteiger partial charge in [0.1, 0.15) is 0 Å². The van der Waals surface area contributed by atoms with Crippen molar-refractivity contribution in [3.63, 3.8) is 0 Å². The summed E-state index contributed by atoms with van der Waals surface area (Å²) in [5.41, 5.74) is 0. The lowest BCUT2D eigenvalue weighted by Gasteiger charge is -2.03. The van der Waals surface area contributed by atoms with Crippen LogP contribution in [0.1, 0.15) is 19.7 Å². The molecule has 0 aliphatic rings. The van der Waals surface area contributed by atoms with E-state index in [1.807, 2.05) is 0 Å². The second kappa shape index (κ2) is 6.66. The fourth-order valence-electron chi connectivity index (χ4n) is 1.16. The van der Waals surface area contributed by atoms with E-state index >= 15 is 0 Å². The highest BCUT2D eigenvalue weighted by atomic mass is 32.2. The lowest BCUT2D eigenvalue weighted by atomic mass is 10.2. The van der Waals surface area contributed by atoms with Crippen molar-refractivity contribution in [3.8, 4) is 0 Å². The van der Waals surface area contributed by atoms with Crippen LogP contribution in [0.2, 0.25) is 0 Å². The van der Waals surface area contributed by atoms with Crippen LogP contribution in [0.25, 0.3) is 0 Å². The van der Waals surface area contributed by atoms with Crippen LogP contribution in [0.15, 0.2) is 4.42 Å². The molecule has 0 aliphatic heterocycles. The lowest BCUT2D eigenvalue weighted by molar-refractivity contribution is 0.459. The van der Waals surface area contributed by atoms with E-state index in [9.17, 15) is 8.42 Å². The molecule has 1 aromatic heterocycles. The Morgan fingerprint density at radius 2 is 2.11 bits per heavy atom. The Hall–Kier alpha value is -1.19. The van der Waals surface area contributed by atoms with Crippen molar-refractivity contribution in [2.24, 2.45) is 11.1 Å². The maximum atomic E-state index is 10.7. The SMILES string of the molecule is CC(C)CNCc1nnc(NCCS(N)(=O)=O)o1. The molecule has 0 aromatic carbocycles. The van der Waals surface area contributed by atoms with Crippen LogP contribution in [0, 0.1) is 5.92 Å². The number of hydrogen-bond donors (Lipinski definition) is 3. The Bertz CT molecular complexity index is 457. The van der Waals surface area contributed by atoms with Gasteiger partial charge in [-0.25, -0.2) is 13.6 Å². The maximum Gasteiger partial charge on any atom is 0.315 e. The monoisotopic (exact) mass is 277 g/mol. The van der Waals surface area contributed by atoms with Crippen LogP contribution in [0.3, 0.4) is 0 Å². The smallest absolute Gasteiger partial charge is 0.315 e. The number of nitrogens with two attached hydrogens (primary N) is 1. The van der Waals surface area contributed by atoms with Gasteiger partial charge in [0.15, 0.2) is 0 Å². The zero-order chi connectivity index (χ0) is 13.6. The van der Waals surface area contributed by atoms with Crippen LogP contribution in [-0.4, -0.2) is 37.5 Å². The normalized spacial score (nSPS) is 12.0. The Labute approximate surface area is 106 Å². The molecule has 8 nitrogen and oxygen atoms in total. The zero-order valence-corrected chi connectivity index (χ0v) is 11.3. The summed E-state index contributed by atoms with van der Waals surface area (Å²) in [5.74, 6) is 0.810. The van der Waals surface area contributed by atoms with E-state index in [0.29, 0.717) is 18.4 Å². The molecule has 0 atom stereocenters. The summed E-state index contributed by atoms with van der Waals surface area (Å²) in [6.07, 6.45) is 0. The molecule has 1 rings (SSSR count). The minimum absolute atomic E-state index is 0.139. The highest BCUT2D eigenvalue weighted by molar-refractivity contribution is 7.89. The summed E-state index contributed by atoms with van der Waals surface area (Å²) in [4.78, 5) is 0. The first-order chi connectivity index (χ1) is 8.37. The Morgan fingerprint density at radius 1 is 1.39 bits per heavy atom. The predicted molar refractivity (Wildman–Crippen MR) is 67.3 cm³/mol. The molecule has 0 saturated carbocycles. The lowest BCUT2D eigenvalue weighted by Crippen LogP contribution is -2.22. The maximum absolute atomic E-state index is 10.7. The standard InChI is InChI=1S/C9H19N5O3S/c1-7(2)5-11-6-8-13-14-9(17-8)12-3-4-18(10,15)16/h7,11H,3-6H2,1-2H3,(H,12,14)(H2,10,15,16). The van der Waals surface area contributed by atoms with Crippen molar-refractivity contribution in [1.29, 1.82) is 0 Å². The molecule has 0 saturated heterocycles. The molecule has 4 N–H and O–H groups in total. The van der Waals surface area contributed by atoms with Gasteiger partial charge in [0, 0.05) is 6.54 Å². The van der Waals surface area contributed by atoms with Gasteiger partial charge in [-0.3, -0.25) is 0 Å². The van der Waals surface area contributed by atoms with E-state index in [1.54, 1.807) is 0 Å². The van der Waals surface area contributed by atoms with Gasteiger partial charge in [0.2, 0.25) is 15.9 Å². The summed E-state index contributed by atoms with van der Waals surface area (Å²) in [6, 6.07) is 0.194. The average molecular weight is 277 g/mol. The third kappa shape index (κ3) is 6.52. The van der Waals surface area contributed by atoms with Crippen LogP contribution in [0.5, 0.6) is 0 Å². The Balaban J connectivity index is 2.30. The molecule has 18 heavy (non-hydrogen) atoms. The van der Waals surface area contributed by atoms with Gasteiger partial charge >= 0.3 is 6.01 Å². The van der Waals surface area contributed by atoms with Crippen LogP contribution in [-0.2, 0) is 16.6 Å². The van der Waals surface area contributed by atoms with E-state index in [1.165, 1.54) is 0 Å². The van der Waals surface area contributed by atoms with E-state index < -0.39 is 10.0 Å². The minimum Gasteiger partial charge on any atom is -0.407 e. The topological polar surface area (TPSA) is 123 Å². The van der Waals surface area contributed by atoms with E-state index in [4.69, 9.17) is 9.56 Å². The first-order valence-corrected chi connectivity index (χ1v) is 7.36. The van der Waals surface area contributed by atoms with Crippen molar-refractivity contribution >= 4 is 16.0 Å². The second-order valence-corrected chi connectivity index (χ2v) is 6.05. The van der Waals surface area contributed by atoms with Crippen molar-refractivity contribution in [2.75, 3.05) is 24.2 Å². The number of nitrogens with zero attached hydrogens (tertiary/aromatic N) is 2. The zero-order valence-electron chi connectivity index (χ0n) is 10.5. The quantitative estimate of drug-likeness (QED) is 0.586. The molecular weight excluding hydrogens is 258 g/mol. The van der Waals surface area contributed by atoms with Crippen molar-refractivity contribution in [2.45, 2.75) is 20.4 Å². The molecule has 0 spiro atoms. The molecule has 0 fully saturated rings. The van der Waals surface area contributed by atoms with Gasteiger partial charge in [0.25, 0.3) is 0 Å². The second-order valence-electron chi connectivity index (χ2n) is 4.32. The Kier molecular flexibility index (Phi) is 5.51. The number of primary sulfonamides is 1. The third-order valence-electron chi connectivity index (χ3n) is 1.96. The largest absolute Gasteiger partial charge is 0.407 e. The number of sulfonamides is 1. The van der Waals surface area contributed by atoms with Crippen molar-refractivity contribution in [3.05, 3.63) is 5.89 Å². The van der Waals surface area contributed by atoms with Gasteiger partial charge in [-0.1, -0.05) is 18.9 Å². The van der Waals surface area contributed by atoms with Crippen LogP contribution >= 0.6 is 0 Å².